The van der Waals surface area contributed by atoms with Crippen LogP contribution in [0, 0.1) is 17.0 Å². The number of non-ortho nitro benzene ring substituents is 1. The number of aryl methyl sites for hydroxylation is 1. The molecule has 0 saturated heterocycles. The largest absolute Gasteiger partial charge is 0.492 e. The van der Waals surface area contributed by atoms with Crippen molar-refractivity contribution in [3.05, 3.63) is 94.0 Å². The highest BCUT2D eigenvalue weighted by Gasteiger charge is 2.29. The lowest BCUT2D eigenvalue weighted by atomic mass is 10.2. The zero-order valence-electron chi connectivity index (χ0n) is 19.1. The molecule has 0 unspecified atom stereocenters. The van der Waals surface area contributed by atoms with Crippen molar-refractivity contribution < 1.29 is 22.9 Å². The molecular formula is C24H24N4O6S. The van der Waals surface area contributed by atoms with Gasteiger partial charge in [-0.3, -0.25) is 19.2 Å². The van der Waals surface area contributed by atoms with Gasteiger partial charge in [-0.2, -0.15) is 5.10 Å². The standard InChI is InChI=1S/C24H24N4O6S/c1-3-34-23-10-5-4-9-22(23)27(35(32,33)21-13-11-18(2)12-14-21)17-24(29)26-25-16-19-7-6-8-20(15-19)28(30)31/h4-16H,3,17H2,1-2H3,(H,26,29)/b25-16-. The predicted molar refractivity (Wildman–Crippen MR) is 132 cm³/mol. The van der Waals surface area contributed by atoms with Crippen LogP contribution in [-0.2, 0) is 14.8 Å². The van der Waals surface area contributed by atoms with Crippen molar-refractivity contribution in [1.82, 2.24) is 5.43 Å². The third-order valence-corrected chi connectivity index (χ3v) is 6.59. The Kier molecular flexibility index (Phi) is 8.16. The lowest BCUT2D eigenvalue weighted by Gasteiger charge is -2.25. The number of carbonyl (C=O) groups excluding carboxylic acids is 1. The van der Waals surface area contributed by atoms with Gasteiger partial charge in [0.15, 0.2) is 0 Å². The second-order valence-corrected chi connectivity index (χ2v) is 9.23. The molecule has 3 rings (SSSR count). The van der Waals surface area contributed by atoms with Gasteiger partial charge < -0.3 is 4.74 Å². The second-order valence-electron chi connectivity index (χ2n) is 7.37. The van der Waals surface area contributed by atoms with Crippen LogP contribution in [0.25, 0.3) is 0 Å². The van der Waals surface area contributed by atoms with Gasteiger partial charge in [0, 0.05) is 17.7 Å². The smallest absolute Gasteiger partial charge is 0.270 e. The molecule has 1 N–H and O–H groups in total. The monoisotopic (exact) mass is 496 g/mol. The summed E-state index contributed by atoms with van der Waals surface area (Å²) in [6.45, 7) is 3.33. The van der Waals surface area contributed by atoms with E-state index >= 15 is 0 Å². The summed E-state index contributed by atoms with van der Waals surface area (Å²) in [5, 5.41) is 14.7. The fourth-order valence-electron chi connectivity index (χ4n) is 3.14. The van der Waals surface area contributed by atoms with Crippen LogP contribution in [0.2, 0.25) is 0 Å². The van der Waals surface area contributed by atoms with Crippen molar-refractivity contribution in [1.29, 1.82) is 0 Å². The van der Waals surface area contributed by atoms with Crippen molar-refractivity contribution in [3.8, 4) is 5.75 Å². The van der Waals surface area contributed by atoms with Gasteiger partial charge in [0.05, 0.1) is 28.3 Å². The van der Waals surface area contributed by atoms with E-state index in [0.717, 1.165) is 9.87 Å². The number of nitro benzene ring substituents is 1. The number of rotatable bonds is 10. The van der Waals surface area contributed by atoms with E-state index in [0.29, 0.717) is 17.9 Å². The second kappa shape index (κ2) is 11.3. The third kappa shape index (κ3) is 6.42. The molecule has 0 atom stereocenters. The minimum absolute atomic E-state index is 0.0160. The number of nitrogens with one attached hydrogen (secondary N) is 1. The van der Waals surface area contributed by atoms with Crippen LogP contribution in [-0.4, -0.2) is 38.6 Å². The maximum absolute atomic E-state index is 13.5. The molecule has 0 spiro atoms. The highest BCUT2D eigenvalue weighted by molar-refractivity contribution is 7.92. The Balaban J connectivity index is 1.88. The number of benzene rings is 3. The molecule has 3 aromatic rings. The number of ether oxygens (including phenoxy) is 1. The predicted octanol–water partition coefficient (Wildman–Crippen LogP) is 3.65. The number of nitro groups is 1. The number of hydrogen-bond donors (Lipinski definition) is 1. The Morgan fingerprint density at radius 1 is 1.11 bits per heavy atom. The van der Waals surface area contributed by atoms with Crippen LogP contribution >= 0.6 is 0 Å². The Morgan fingerprint density at radius 3 is 2.51 bits per heavy atom. The van der Waals surface area contributed by atoms with E-state index in [4.69, 9.17) is 4.74 Å². The first-order chi connectivity index (χ1) is 16.7. The topological polar surface area (TPSA) is 131 Å². The highest BCUT2D eigenvalue weighted by atomic mass is 32.2. The minimum atomic E-state index is -4.13. The van der Waals surface area contributed by atoms with Gasteiger partial charge in [-0.25, -0.2) is 13.8 Å². The quantitative estimate of drug-likeness (QED) is 0.259. The van der Waals surface area contributed by atoms with Crippen molar-refractivity contribution in [3.63, 3.8) is 0 Å². The van der Waals surface area contributed by atoms with Crippen LogP contribution in [0.15, 0.2) is 82.8 Å². The molecule has 182 valence electrons. The van der Waals surface area contributed by atoms with E-state index in [1.165, 1.54) is 36.5 Å². The van der Waals surface area contributed by atoms with Crippen molar-refractivity contribution >= 4 is 33.5 Å². The normalized spacial score (nSPS) is 11.3. The van der Waals surface area contributed by atoms with Gasteiger partial charge in [-0.15, -0.1) is 0 Å². The van der Waals surface area contributed by atoms with Crippen LogP contribution in [0.4, 0.5) is 11.4 Å². The average Bonchev–Trinajstić information content (AvgIpc) is 2.83. The molecular weight excluding hydrogens is 472 g/mol. The summed E-state index contributed by atoms with van der Waals surface area (Å²) in [5.41, 5.74) is 3.64. The summed E-state index contributed by atoms with van der Waals surface area (Å²) < 4.78 is 33.6. The Morgan fingerprint density at radius 2 is 1.83 bits per heavy atom. The first kappa shape index (κ1) is 25.4. The molecule has 0 aliphatic carbocycles. The molecule has 1 amide bonds. The average molecular weight is 497 g/mol. The van der Waals surface area contributed by atoms with E-state index in [2.05, 4.69) is 10.5 Å². The first-order valence-corrected chi connectivity index (χ1v) is 12.0. The van der Waals surface area contributed by atoms with E-state index < -0.39 is 27.4 Å². The molecule has 0 aliphatic heterocycles. The number of sulfonamides is 1. The molecule has 0 fully saturated rings. The molecule has 10 nitrogen and oxygen atoms in total. The van der Waals surface area contributed by atoms with Gasteiger partial charge in [0.1, 0.15) is 12.3 Å². The number of para-hydroxylation sites is 2. The summed E-state index contributed by atoms with van der Waals surface area (Å²) in [4.78, 5) is 23.1. The minimum Gasteiger partial charge on any atom is -0.492 e. The Bertz CT molecular complexity index is 1340. The van der Waals surface area contributed by atoms with Crippen LogP contribution in [0.3, 0.4) is 0 Å². The Labute approximate surface area is 203 Å². The molecule has 0 saturated carbocycles. The fraction of sp³-hybridized carbons (Fsp3) is 0.167. The number of hydrazone groups is 1. The zero-order chi connectivity index (χ0) is 25.4. The molecule has 0 aromatic heterocycles. The lowest BCUT2D eigenvalue weighted by Crippen LogP contribution is -2.39. The zero-order valence-corrected chi connectivity index (χ0v) is 19.9. The third-order valence-electron chi connectivity index (χ3n) is 4.81. The fourth-order valence-corrected chi connectivity index (χ4v) is 4.57. The molecule has 0 bridgehead atoms. The van der Waals surface area contributed by atoms with Crippen molar-refractivity contribution in [2.45, 2.75) is 18.7 Å². The van der Waals surface area contributed by atoms with Gasteiger partial charge in [0.25, 0.3) is 21.6 Å². The number of nitrogens with zero attached hydrogens (tertiary/aromatic N) is 3. The van der Waals surface area contributed by atoms with Crippen LogP contribution in [0.1, 0.15) is 18.1 Å². The SMILES string of the molecule is CCOc1ccccc1N(CC(=O)N/N=C\c1cccc([N+](=O)[O-])c1)S(=O)(=O)c1ccc(C)cc1. The van der Waals surface area contributed by atoms with E-state index in [9.17, 15) is 23.3 Å². The maximum Gasteiger partial charge on any atom is 0.270 e. The molecule has 11 heteroatoms. The lowest BCUT2D eigenvalue weighted by molar-refractivity contribution is -0.384. The van der Waals surface area contributed by atoms with Crippen LogP contribution < -0.4 is 14.5 Å². The Hall–Kier alpha value is -4.25. The van der Waals surface area contributed by atoms with Crippen molar-refractivity contribution in [2.24, 2.45) is 5.10 Å². The van der Waals surface area contributed by atoms with E-state index in [1.807, 2.05) is 6.92 Å². The first-order valence-electron chi connectivity index (χ1n) is 10.6. The summed E-state index contributed by atoms with van der Waals surface area (Å²) in [5.74, 6) is -0.410. The summed E-state index contributed by atoms with van der Waals surface area (Å²) in [6.07, 6.45) is 1.23. The summed E-state index contributed by atoms with van der Waals surface area (Å²) >= 11 is 0. The van der Waals surface area contributed by atoms with E-state index in [-0.39, 0.29) is 16.3 Å². The van der Waals surface area contributed by atoms with Gasteiger partial charge in [-0.1, -0.05) is 42.0 Å². The molecule has 0 aliphatic rings. The molecule has 35 heavy (non-hydrogen) atoms. The van der Waals surface area contributed by atoms with Gasteiger partial charge in [-0.05, 0) is 38.1 Å². The molecule has 0 radical (unpaired) electrons. The number of carbonyl (C=O) groups is 1. The molecule has 0 heterocycles. The summed E-state index contributed by atoms with van der Waals surface area (Å²) in [7, 11) is -4.13. The van der Waals surface area contributed by atoms with Gasteiger partial charge >= 0.3 is 0 Å². The van der Waals surface area contributed by atoms with Crippen molar-refractivity contribution in [2.75, 3.05) is 17.5 Å². The van der Waals surface area contributed by atoms with Gasteiger partial charge in [0.2, 0.25) is 0 Å². The maximum atomic E-state index is 13.5. The van der Waals surface area contributed by atoms with Crippen LogP contribution in [0.5, 0.6) is 5.75 Å². The number of hydrogen-bond acceptors (Lipinski definition) is 7. The number of amides is 1. The summed E-state index contributed by atoms with van der Waals surface area (Å²) in [6, 6.07) is 18.5. The van der Waals surface area contributed by atoms with E-state index in [1.54, 1.807) is 49.4 Å². The number of anilines is 1. The highest BCUT2D eigenvalue weighted by Crippen LogP contribution is 2.32. The molecule has 3 aromatic carbocycles.